The lowest BCUT2D eigenvalue weighted by Gasteiger charge is -2.20. The van der Waals surface area contributed by atoms with E-state index in [1.165, 1.54) is 19.1 Å². The van der Waals surface area contributed by atoms with Gasteiger partial charge in [0.2, 0.25) is 0 Å². The smallest absolute Gasteiger partial charge is 0.330 e. The summed E-state index contributed by atoms with van der Waals surface area (Å²) in [5, 5.41) is 50.2. The van der Waals surface area contributed by atoms with E-state index >= 15 is 0 Å². The summed E-state index contributed by atoms with van der Waals surface area (Å²) in [4.78, 5) is 164. The maximum absolute atomic E-state index is 11.6. The van der Waals surface area contributed by atoms with Crippen molar-refractivity contribution in [3.05, 3.63) is 156 Å². The number of rotatable bonds is 46. The Morgan fingerprint density at radius 1 is 0.304 bits per heavy atom. The standard InChI is InChI=1S/C15H24O6.3C13H18O2.C12H20O6.C10H14.C8H16O3.4C6H12O2.C5H10O2.4CH4/c1-5-12(16)19-9-7-8-13(17)20-10-11-21-14(18)15(3,4)6-2;3*1-4-13(2,3)12(14)15-10-11-8-6-5-7-9-11;1-4-12(2,3)11(16)18-8-7-17-10(15)6-5-9(13)14;1-3-9(2)10-7-5-4-6-8-10;1-4-8(2,3)7(10)11-6-5-9;3*1-4-6(2,3)5(7)8;1-4-5(2)6(7)8-3;1-3-4(2)5(6)7;;;;/h5H,1,6-11H2,2-4H3;3*5-9H,4,10H2,1-3H3;4-8H2,1-3H3,(H,13,14);4-9H,3H2,1-2H3;9H,4-6H2,1-3H3;3*4H2,1-3H3,(H,7,8);5H,4H2,1-3H3;4H,3H2,1-2H3,(H,6,7);4*1H4. The Morgan fingerprint density at radius 3 is 0.743 bits per heavy atom. The number of carbonyl (C=O) groups is 15. The number of aliphatic hydroxyl groups is 1. The fourth-order valence-corrected chi connectivity index (χ4v) is 7.74. The van der Waals surface area contributed by atoms with E-state index in [-0.39, 0.29) is 165 Å². The summed E-state index contributed by atoms with van der Waals surface area (Å²) < 4.78 is 49.2. The predicted octanol–water partition coefficient (Wildman–Crippen LogP) is 26.4. The number of ether oxygens (including phenoxy) is 10. The Kier molecular flexibility index (Phi) is 98.0. The summed E-state index contributed by atoms with van der Waals surface area (Å²) >= 11 is 0. The van der Waals surface area contributed by atoms with Crippen molar-refractivity contribution in [2.45, 2.75) is 387 Å². The van der Waals surface area contributed by atoms with E-state index in [9.17, 15) is 71.9 Å². The first-order valence-electron chi connectivity index (χ1n) is 49.7. The van der Waals surface area contributed by atoms with Gasteiger partial charge in [-0.3, -0.25) is 67.1 Å². The Hall–Kier alpha value is -11.4. The van der Waals surface area contributed by atoms with Crippen LogP contribution in [0.1, 0.15) is 389 Å². The number of aliphatic carboxylic acids is 5. The zero-order valence-corrected chi connectivity index (χ0v) is 93.8. The molecule has 31 heteroatoms. The van der Waals surface area contributed by atoms with E-state index in [0.717, 1.165) is 61.3 Å². The molecule has 4 rings (SSSR count). The van der Waals surface area contributed by atoms with Gasteiger partial charge in [-0.1, -0.05) is 261 Å². The van der Waals surface area contributed by atoms with Crippen LogP contribution in [0, 0.1) is 60.6 Å². The second-order valence-electron chi connectivity index (χ2n) is 39.4. The van der Waals surface area contributed by atoms with Crippen LogP contribution in [-0.2, 0) is 139 Å². The summed E-state index contributed by atoms with van der Waals surface area (Å²) in [6, 6.07) is 39.8. The molecule has 3 unspecified atom stereocenters. The van der Waals surface area contributed by atoms with Gasteiger partial charge < -0.3 is 78.0 Å². The van der Waals surface area contributed by atoms with Crippen LogP contribution in [0.3, 0.4) is 0 Å². The molecule has 0 aliphatic heterocycles. The van der Waals surface area contributed by atoms with E-state index < -0.39 is 80.2 Å². The van der Waals surface area contributed by atoms with Crippen LogP contribution in [0.2, 0.25) is 0 Å². The number of carbonyl (C=O) groups excluding carboxylic acids is 10. The third kappa shape index (κ3) is 84.5. The predicted molar refractivity (Wildman–Crippen MR) is 588 cm³/mol. The second kappa shape index (κ2) is 89.6. The highest BCUT2D eigenvalue weighted by Crippen LogP contribution is 2.28. The van der Waals surface area contributed by atoms with Gasteiger partial charge in [-0.15, -0.1) is 0 Å². The van der Waals surface area contributed by atoms with Crippen molar-refractivity contribution in [3.63, 3.8) is 0 Å². The van der Waals surface area contributed by atoms with Crippen molar-refractivity contribution >= 4 is 89.5 Å². The zero-order valence-electron chi connectivity index (χ0n) is 93.8. The Bertz CT molecular complexity index is 3980. The van der Waals surface area contributed by atoms with Crippen LogP contribution in [0.4, 0.5) is 0 Å². The SMILES string of the molecule is C.C.C.C.C=CC(=O)OCCCC(=O)OCCOC(=O)C(C)(C)CC.CCC(C)(C)C(=O)O.CCC(C)(C)C(=O)O.CCC(C)(C)C(=O)O.CCC(C)(C)C(=O)OCCO.CCC(C)(C)C(=O)OCCOC(=O)CCC(=O)O.CCC(C)(C)C(=O)OCc1ccccc1.CCC(C)(C)C(=O)OCc1ccccc1.CCC(C)(C)C(=O)OCc1ccccc1.CCC(C)C(=O)O.CCC(C)C(=O)OC.CCC(C)c1ccccc1. The van der Waals surface area contributed by atoms with Gasteiger partial charge in [0.1, 0.15) is 52.9 Å². The van der Waals surface area contributed by atoms with E-state index in [1.54, 1.807) is 76.2 Å². The van der Waals surface area contributed by atoms with Gasteiger partial charge in [-0.05, 0) is 236 Å². The molecule has 0 aliphatic rings. The molecule has 0 heterocycles. The first-order chi connectivity index (χ1) is 66.6. The number of esters is 10. The highest BCUT2D eigenvalue weighted by atomic mass is 16.6. The van der Waals surface area contributed by atoms with E-state index in [4.69, 9.17) is 73.3 Å². The topological polar surface area (TPSA) is 470 Å². The fourth-order valence-electron chi connectivity index (χ4n) is 7.74. The number of aliphatic hydroxyl groups excluding tert-OH is 1. The molecule has 0 fully saturated rings. The molecular formula is C117H202O31. The lowest BCUT2D eigenvalue weighted by atomic mass is 9.91. The summed E-state index contributed by atoms with van der Waals surface area (Å²) in [6.07, 6.45) is 10.4. The summed E-state index contributed by atoms with van der Waals surface area (Å²) in [7, 11) is 1.41. The molecule has 148 heavy (non-hydrogen) atoms. The fraction of sp³-hybridized carbons (Fsp3) is 0.650. The number of hydrogen-bond donors (Lipinski definition) is 6. The number of carboxylic acid groups (broad SMARTS) is 5. The minimum Gasteiger partial charge on any atom is -0.481 e. The van der Waals surface area contributed by atoms with Crippen molar-refractivity contribution in [3.8, 4) is 0 Å². The summed E-state index contributed by atoms with van der Waals surface area (Å²) in [6.45, 7) is 66.1. The van der Waals surface area contributed by atoms with E-state index in [0.29, 0.717) is 64.3 Å². The van der Waals surface area contributed by atoms with Gasteiger partial charge in [0, 0.05) is 12.5 Å². The molecule has 0 radical (unpaired) electrons. The molecule has 0 bridgehead atoms. The molecular weight excluding hydrogens is 1900 g/mol. The van der Waals surface area contributed by atoms with Crippen LogP contribution in [0.15, 0.2) is 134 Å². The quantitative estimate of drug-likeness (QED) is 0.0104. The summed E-state index contributed by atoms with van der Waals surface area (Å²) in [5.41, 5.74) is 0.262. The van der Waals surface area contributed by atoms with Crippen molar-refractivity contribution < 1.29 is 150 Å². The lowest BCUT2D eigenvalue weighted by Crippen LogP contribution is -2.27. The van der Waals surface area contributed by atoms with Crippen molar-refractivity contribution in [1.82, 2.24) is 0 Å². The third-order valence-electron chi connectivity index (χ3n) is 23.8. The minimum absolute atomic E-state index is 0. The molecule has 0 aromatic heterocycles. The van der Waals surface area contributed by atoms with Crippen molar-refractivity contribution in [1.29, 1.82) is 0 Å². The van der Waals surface area contributed by atoms with E-state index in [2.05, 4.69) is 55.5 Å². The van der Waals surface area contributed by atoms with Crippen LogP contribution in [-0.4, -0.2) is 174 Å². The normalized spacial score (nSPS) is 11.1. The third-order valence-corrected chi connectivity index (χ3v) is 23.8. The van der Waals surface area contributed by atoms with E-state index in [1.807, 2.05) is 229 Å². The van der Waals surface area contributed by atoms with Crippen molar-refractivity contribution in [2.24, 2.45) is 60.6 Å². The number of hydrogen-bond acceptors (Lipinski definition) is 26. The molecule has 0 saturated carbocycles. The maximum Gasteiger partial charge on any atom is 0.330 e. The zero-order chi connectivity index (χ0) is 114. The van der Waals surface area contributed by atoms with Gasteiger partial charge in [-0.2, -0.15) is 0 Å². The Balaban J connectivity index is -0.000000138. The van der Waals surface area contributed by atoms with Crippen LogP contribution in [0.5, 0.6) is 0 Å². The van der Waals surface area contributed by atoms with Crippen LogP contribution < -0.4 is 0 Å². The molecule has 0 saturated heterocycles. The molecule has 3 atom stereocenters. The lowest BCUT2D eigenvalue weighted by molar-refractivity contribution is -0.159. The highest BCUT2D eigenvalue weighted by molar-refractivity contribution is 5.82. The molecule has 31 nitrogen and oxygen atoms in total. The van der Waals surface area contributed by atoms with Gasteiger partial charge >= 0.3 is 89.5 Å². The van der Waals surface area contributed by atoms with Crippen LogP contribution >= 0.6 is 0 Å². The first-order valence-corrected chi connectivity index (χ1v) is 49.7. The molecule has 856 valence electrons. The highest BCUT2D eigenvalue weighted by Gasteiger charge is 2.33. The average Bonchev–Trinajstić information content (AvgIpc) is 0.891. The van der Waals surface area contributed by atoms with Crippen LogP contribution in [0.25, 0.3) is 0 Å². The van der Waals surface area contributed by atoms with Gasteiger partial charge in [0.15, 0.2) is 0 Å². The van der Waals surface area contributed by atoms with Gasteiger partial charge in [0.05, 0.1) is 93.7 Å². The molecule has 6 N–H and O–H groups in total. The number of carboxylic acids is 5. The molecule has 0 aliphatic carbocycles. The number of benzene rings is 4. The first kappa shape index (κ1) is 162. The molecule has 0 amide bonds. The van der Waals surface area contributed by atoms with Gasteiger partial charge in [-0.25, -0.2) is 4.79 Å². The van der Waals surface area contributed by atoms with Crippen molar-refractivity contribution in [2.75, 3.05) is 53.4 Å². The van der Waals surface area contributed by atoms with Gasteiger partial charge in [0.25, 0.3) is 0 Å². The Morgan fingerprint density at radius 2 is 0.547 bits per heavy atom. The molecule has 4 aromatic rings. The monoisotopic (exact) mass is 2100 g/mol. The molecule has 0 spiro atoms. The number of methoxy groups -OCH3 is 1. The largest absolute Gasteiger partial charge is 0.481 e. The second-order valence-corrected chi connectivity index (χ2v) is 39.4. The Labute approximate surface area is 891 Å². The average molecular weight is 2100 g/mol. The molecule has 4 aromatic carbocycles. The minimum atomic E-state index is -1.05. The maximum atomic E-state index is 11.6. The summed E-state index contributed by atoms with van der Waals surface area (Å²) in [5.74, 6) is -6.29.